The Kier molecular flexibility index (Phi) is 3.46. The number of thioether (sulfide) groups is 1. The van der Waals surface area contributed by atoms with Crippen molar-refractivity contribution in [2.24, 2.45) is 5.92 Å². The van der Waals surface area contributed by atoms with Crippen LogP contribution in [-0.4, -0.2) is 17.3 Å². The van der Waals surface area contributed by atoms with Gasteiger partial charge < -0.3 is 0 Å². The summed E-state index contributed by atoms with van der Waals surface area (Å²) in [5.41, 5.74) is 0.630. The molecule has 0 spiro atoms. The van der Waals surface area contributed by atoms with Crippen molar-refractivity contribution in [2.45, 2.75) is 6.42 Å². The van der Waals surface area contributed by atoms with Crippen molar-refractivity contribution in [2.75, 3.05) is 11.5 Å². The molecule has 80 valence electrons. The van der Waals surface area contributed by atoms with Crippen LogP contribution in [0.15, 0.2) is 22.7 Å². The summed E-state index contributed by atoms with van der Waals surface area (Å²) in [7, 11) is 0. The molecule has 0 N–H and O–H groups in total. The maximum atomic E-state index is 13.4. The van der Waals surface area contributed by atoms with Crippen LogP contribution in [0.2, 0.25) is 0 Å². The van der Waals surface area contributed by atoms with E-state index in [2.05, 4.69) is 15.9 Å². The van der Waals surface area contributed by atoms with E-state index in [1.165, 1.54) is 6.07 Å². The van der Waals surface area contributed by atoms with Gasteiger partial charge in [0.2, 0.25) is 0 Å². The molecule has 2 rings (SSSR count). The van der Waals surface area contributed by atoms with Gasteiger partial charge in [-0.1, -0.05) is 15.9 Å². The van der Waals surface area contributed by atoms with Crippen molar-refractivity contribution < 1.29 is 9.18 Å². The highest BCUT2D eigenvalue weighted by atomic mass is 79.9. The summed E-state index contributed by atoms with van der Waals surface area (Å²) in [5.74, 6) is 1.44. The molecular weight excluding hydrogens is 279 g/mol. The third-order valence-electron chi connectivity index (χ3n) is 2.49. The smallest absolute Gasteiger partial charge is 0.146 e. The molecule has 1 fully saturated rings. The SMILES string of the molecule is O=C1CSCC1Cc1cc(Br)ccc1F. The molecule has 0 aliphatic carbocycles. The van der Waals surface area contributed by atoms with Crippen molar-refractivity contribution in [3.63, 3.8) is 0 Å². The summed E-state index contributed by atoms with van der Waals surface area (Å²) >= 11 is 4.94. The molecule has 1 aliphatic rings. The van der Waals surface area contributed by atoms with Crippen LogP contribution in [0.25, 0.3) is 0 Å². The highest BCUT2D eigenvalue weighted by Gasteiger charge is 2.25. The minimum Gasteiger partial charge on any atom is -0.298 e. The molecule has 15 heavy (non-hydrogen) atoms. The third-order valence-corrected chi connectivity index (χ3v) is 4.11. The highest BCUT2D eigenvalue weighted by Crippen LogP contribution is 2.26. The van der Waals surface area contributed by atoms with Gasteiger partial charge in [-0.25, -0.2) is 4.39 Å². The fourth-order valence-corrected chi connectivity index (χ4v) is 3.20. The molecule has 0 bridgehead atoms. The first kappa shape index (κ1) is 11.1. The quantitative estimate of drug-likeness (QED) is 0.832. The van der Waals surface area contributed by atoms with Crippen molar-refractivity contribution in [1.82, 2.24) is 0 Å². The van der Waals surface area contributed by atoms with Gasteiger partial charge in [0.15, 0.2) is 0 Å². The van der Waals surface area contributed by atoms with Crippen LogP contribution in [0.5, 0.6) is 0 Å². The average Bonchev–Trinajstić information content (AvgIpc) is 2.58. The predicted molar refractivity (Wildman–Crippen MR) is 63.6 cm³/mol. The number of halogens is 2. The van der Waals surface area contributed by atoms with Crippen LogP contribution >= 0.6 is 27.7 Å². The van der Waals surface area contributed by atoms with Crippen LogP contribution in [0, 0.1) is 11.7 Å². The van der Waals surface area contributed by atoms with Crippen molar-refractivity contribution in [1.29, 1.82) is 0 Å². The molecule has 1 heterocycles. The molecular formula is C11H10BrFOS. The van der Waals surface area contributed by atoms with E-state index >= 15 is 0 Å². The second kappa shape index (κ2) is 4.66. The second-order valence-electron chi connectivity index (χ2n) is 3.62. The zero-order valence-electron chi connectivity index (χ0n) is 8.00. The Morgan fingerprint density at radius 3 is 3.00 bits per heavy atom. The third kappa shape index (κ3) is 2.61. The van der Waals surface area contributed by atoms with E-state index in [0.29, 0.717) is 17.7 Å². The summed E-state index contributed by atoms with van der Waals surface area (Å²) in [4.78, 5) is 11.4. The lowest BCUT2D eigenvalue weighted by molar-refractivity contribution is -0.119. The lowest BCUT2D eigenvalue weighted by Crippen LogP contribution is -2.14. The van der Waals surface area contributed by atoms with Crippen LogP contribution in [0.1, 0.15) is 5.56 Å². The van der Waals surface area contributed by atoms with Gasteiger partial charge in [-0.2, -0.15) is 11.8 Å². The van der Waals surface area contributed by atoms with Crippen LogP contribution in [0.4, 0.5) is 4.39 Å². The highest BCUT2D eigenvalue weighted by molar-refractivity contribution is 9.10. The molecule has 1 aromatic rings. The predicted octanol–water partition coefficient (Wildman–Crippen LogP) is 3.06. The molecule has 0 amide bonds. The molecule has 1 saturated heterocycles. The van der Waals surface area contributed by atoms with E-state index in [9.17, 15) is 9.18 Å². The minimum atomic E-state index is -0.220. The topological polar surface area (TPSA) is 17.1 Å². The van der Waals surface area contributed by atoms with E-state index in [-0.39, 0.29) is 17.5 Å². The van der Waals surface area contributed by atoms with Crippen LogP contribution in [0.3, 0.4) is 0 Å². The minimum absolute atomic E-state index is 0.00111. The molecule has 1 atom stereocenters. The lowest BCUT2D eigenvalue weighted by atomic mass is 9.98. The zero-order valence-corrected chi connectivity index (χ0v) is 10.4. The summed E-state index contributed by atoms with van der Waals surface area (Å²) in [6, 6.07) is 4.86. The Morgan fingerprint density at radius 1 is 1.53 bits per heavy atom. The summed E-state index contributed by atoms with van der Waals surface area (Å²) < 4.78 is 14.3. The molecule has 1 aromatic carbocycles. The number of benzene rings is 1. The standard InChI is InChI=1S/C11H10BrFOS/c12-9-1-2-10(13)7(4-9)3-8-5-15-6-11(8)14/h1-2,4,8H,3,5-6H2. The van der Waals surface area contributed by atoms with Crippen LogP contribution in [-0.2, 0) is 11.2 Å². The number of hydrogen-bond acceptors (Lipinski definition) is 2. The van der Waals surface area contributed by atoms with Gasteiger partial charge in [0.1, 0.15) is 11.6 Å². The Bertz CT molecular complexity index is 394. The molecule has 1 nitrogen and oxygen atoms in total. The molecule has 0 saturated carbocycles. The number of hydrogen-bond donors (Lipinski definition) is 0. The monoisotopic (exact) mass is 288 g/mol. The first-order chi connectivity index (χ1) is 7.16. The van der Waals surface area contributed by atoms with Crippen molar-refractivity contribution in [3.05, 3.63) is 34.1 Å². The number of rotatable bonds is 2. The summed E-state index contributed by atoms with van der Waals surface area (Å²) in [6.45, 7) is 0. The largest absolute Gasteiger partial charge is 0.298 e. The Morgan fingerprint density at radius 2 is 2.33 bits per heavy atom. The van der Waals surface area contributed by atoms with Gasteiger partial charge in [0, 0.05) is 16.1 Å². The van der Waals surface area contributed by atoms with Gasteiger partial charge in [0.05, 0.1) is 5.75 Å². The normalized spacial score (nSPS) is 20.9. The summed E-state index contributed by atoms with van der Waals surface area (Å²) in [6.07, 6.45) is 0.525. The summed E-state index contributed by atoms with van der Waals surface area (Å²) in [5, 5.41) is 0. The zero-order chi connectivity index (χ0) is 10.8. The van der Waals surface area contributed by atoms with E-state index in [0.717, 1.165) is 10.2 Å². The maximum absolute atomic E-state index is 13.4. The van der Waals surface area contributed by atoms with Gasteiger partial charge in [-0.05, 0) is 30.2 Å². The van der Waals surface area contributed by atoms with Gasteiger partial charge in [0.25, 0.3) is 0 Å². The average molecular weight is 289 g/mol. The van der Waals surface area contributed by atoms with Crippen molar-refractivity contribution in [3.8, 4) is 0 Å². The van der Waals surface area contributed by atoms with Crippen LogP contribution < -0.4 is 0 Å². The number of Topliss-reactive ketones (excluding diaryl/α,β-unsaturated/α-hetero) is 1. The fourth-order valence-electron chi connectivity index (χ4n) is 1.65. The van der Waals surface area contributed by atoms with E-state index in [4.69, 9.17) is 0 Å². The van der Waals surface area contributed by atoms with Crippen molar-refractivity contribution >= 4 is 33.5 Å². The molecule has 0 aromatic heterocycles. The number of ketones is 1. The Balaban J connectivity index is 2.16. The maximum Gasteiger partial charge on any atom is 0.146 e. The first-order valence-corrected chi connectivity index (χ1v) is 6.66. The number of carbonyl (C=O) groups is 1. The van der Waals surface area contributed by atoms with Gasteiger partial charge in [-0.15, -0.1) is 0 Å². The van der Waals surface area contributed by atoms with E-state index in [1.807, 2.05) is 0 Å². The first-order valence-electron chi connectivity index (χ1n) is 4.71. The Hall–Kier alpha value is -0.350. The lowest BCUT2D eigenvalue weighted by Gasteiger charge is -2.08. The molecule has 4 heteroatoms. The molecule has 1 aliphatic heterocycles. The molecule has 0 radical (unpaired) electrons. The van der Waals surface area contributed by atoms with Gasteiger partial charge >= 0.3 is 0 Å². The number of carbonyl (C=O) groups excluding carboxylic acids is 1. The fraction of sp³-hybridized carbons (Fsp3) is 0.364. The van der Waals surface area contributed by atoms with E-state index in [1.54, 1.807) is 23.9 Å². The van der Waals surface area contributed by atoms with E-state index < -0.39 is 0 Å². The molecule has 1 unspecified atom stereocenters. The Labute approximate surface area is 101 Å². The second-order valence-corrected chi connectivity index (χ2v) is 5.56. The van der Waals surface area contributed by atoms with Gasteiger partial charge in [-0.3, -0.25) is 4.79 Å².